The van der Waals surface area contributed by atoms with Gasteiger partial charge in [0.05, 0.1) is 6.04 Å². The predicted octanol–water partition coefficient (Wildman–Crippen LogP) is 3.59. The van der Waals surface area contributed by atoms with E-state index in [0.717, 1.165) is 19.3 Å². The van der Waals surface area contributed by atoms with Gasteiger partial charge in [-0.1, -0.05) is 52.9 Å². The Morgan fingerprint density at radius 2 is 1.81 bits per heavy atom. The molecule has 1 aliphatic heterocycles. The number of carbonyl (C=O) groups is 2. The molecule has 27 heavy (non-hydrogen) atoms. The van der Waals surface area contributed by atoms with Crippen molar-refractivity contribution < 1.29 is 14.3 Å². The molecule has 1 aliphatic rings. The number of unbranched alkanes of at least 4 members (excludes halogenated alkanes) is 5. The maximum atomic E-state index is 12.3. The minimum Gasteiger partial charge on any atom is -0.477 e. The van der Waals surface area contributed by atoms with Crippen LogP contribution in [0.4, 0.5) is 0 Å². The lowest BCUT2D eigenvalue weighted by Crippen LogP contribution is -2.41. The maximum absolute atomic E-state index is 12.3. The molecule has 0 bridgehead atoms. The Morgan fingerprint density at radius 3 is 2.48 bits per heavy atom. The first-order chi connectivity index (χ1) is 13.0. The molecule has 0 saturated heterocycles. The highest BCUT2D eigenvalue weighted by Gasteiger charge is 2.28. The molecule has 0 aromatic rings. The van der Waals surface area contributed by atoms with Crippen LogP contribution < -0.4 is 10.6 Å². The number of hydrogen-bond acceptors (Lipinski definition) is 4. The Balaban J connectivity index is 2.45. The van der Waals surface area contributed by atoms with Gasteiger partial charge < -0.3 is 15.4 Å². The number of amides is 2. The summed E-state index contributed by atoms with van der Waals surface area (Å²) in [6.07, 6.45) is 9.52. The topological polar surface area (TPSA) is 79.8 Å². The van der Waals surface area contributed by atoms with Crippen LogP contribution >= 0.6 is 0 Å². The number of rotatable bonds is 14. The van der Waals surface area contributed by atoms with E-state index in [0.29, 0.717) is 37.7 Å². The molecule has 0 spiro atoms. The van der Waals surface area contributed by atoms with Crippen molar-refractivity contribution in [2.45, 2.75) is 97.1 Å². The third kappa shape index (κ3) is 10.4. The van der Waals surface area contributed by atoms with Crippen molar-refractivity contribution >= 4 is 17.7 Å². The van der Waals surface area contributed by atoms with Crippen molar-refractivity contribution in [2.24, 2.45) is 10.9 Å². The molecule has 156 valence electrons. The second-order valence-electron chi connectivity index (χ2n) is 7.91. The molecule has 0 aromatic carbocycles. The molecular formula is C21H39N3O3. The summed E-state index contributed by atoms with van der Waals surface area (Å²) >= 11 is 0. The van der Waals surface area contributed by atoms with Crippen molar-refractivity contribution in [1.29, 1.82) is 0 Å². The summed E-state index contributed by atoms with van der Waals surface area (Å²) in [5, 5.41) is 5.74. The van der Waals surface area contributed by atoms with Crippen LogP contribution in [0.5, 0.6) is 0 Å². The van der Waals surface area contributed by atoms with Crippen LogP contribution in [0.2, 0.25) is 0 Å². The zero-order valence-electron chi connectivity index (χ0n) is 17.7. The Bertz CT molecular complexity index is 477. The van der Waals surface area contributed by atoms with Gasteiger partial charge in [-0.3, -0.25) is 9.59 Å². The number of ether oxygens (including phenoxy) is 1. The van der Waals surface area contributed by atoms with E-state index in [1.807, 2.05) is 0 Å². The van der Waals surface area contributed by atoms with Gasteiger partial charge in [-0.25, -0.2) is 4.99 Å². The van der Waals surface area contributed by atoms with Crippen LogP contribution in [0.25, 0.3) is 0 Å². The Kier molecular flexibility index (Phi) is 11.8. The molecule has 1 unspecified atom stereocenters. The molecule has 0 radical (unpaired) electrons. The first-order valence-corrected chi connectivity index (χ1v) is 10.7. The van der Waals surface area contributed by atoms with E-state index < -0.39 is 0 Å². The quantitative estimate of drug-likeness (QED) is 0.451. The molecule has 0 saturated carbocycles. The smallest absolute Gasteiger partial charge is 0.220 e. The number of hydrogen-bond donors (Lipinski definition) is 2. The van der Waals surface area contributed by atoms with Gasteiger partial charge in [-0.15, -0.1) is 0 Å². The normalized spacial score (nSPS) is 17.4. The summed E-state index contributed by atoms with van der Waals surface area (Å²) in [6.45, 7) is 6.96. The van der Waals surface area contributed by atoms with Crippen LogP contribution in [0.15, 0.2) is 4.99 Å². The minimum atomic E-state index is -0.164. The van der Waals surface area contributed by atoms with Gasteiger partial charge >= 0.3 is 0 Å². The highest BCUT2D eigenvalue weighted by molar-refractivity contribution is 5.88. The lowest BCUT2D eigenvalue weighted by Gasteiger charge is -2.20. The van der Waals surface area contributed by atoms with Crippen LogP contribution in [0.3, 0.4) is 0 Å². The molecule has 2 N–H and O–H groups in total. The van der Waals surface area contributed by atoms with Gasteiger partial charge in [0.2, 0.25) is 17.7 Å². The van der Waals surface area contributed by atoms with Crippen molar-refractivity contribution in [3.05, 3.63) is 0 Å². The maximum Gasteiger partial charge on any atom is 0.220 e. The van der Waals surface area contributed by atoms with Crippen LogP contribution in [-0.4, -0.2) is 43.5 Å². The van der Waals surface area contributed by atoms with Crippen LogP contribution in [0, 0.1) is 5.92 Å². The summed E-state index contributed by atoms with van der Waals surface area (Å²) in [4.78, 5) is 28.4. The first-order valence-electron chi connectivity index (χ1n) is 10.7. The second-order valence-corrected chi connectivity index (χ2v) is 7.91. The fourth-order valence-electron chi connectivity index (χ4n) is 3.22. The molecule has 0 fully saturated rings. The van der Waals surface area contributed by atoms with E-state index >= 15 is 0 Å². The van der Waals surface area contributed by atoms with E-state index in [-0.39, 0.29) is 23.9 Å². The summed E-state index contributed by atoms with van der Waals surface area (Å²) in [7, 11) is 1.64. The van der Waals surface area contributed by atoms with Crippen molar-refractivity contribution in [2.75, 3.05) is 13.7 Å². The molecule has 2 atom stereocenters. The van der Waals surface area contributed by atoms with E-state index in [9.17, 15) is 9.59 Å². The van der Waals surface area contributed by atoms with Crippen LogP contribution in [-0.2, 0) is 14.3 Å². The summed E-state index contributed by atoms with van der Waals surface area (Å²) < 4.78 is 5.77. The van der Waals surface area contributed by atoms with E-state index in [2.05, 4.69) is 36.4 Å². The molecule has 6 heteroatoms. The standard InChI is InChI=1S/C21H39N3O3/c1-5-6-7-8-9-10-11-20(26)24-18(14-16(2)3)21-23-17(15-27-21)12-13-19(25)22-4/h16-18H,5-15H2,1-4H3,(H,22,25)(H,24,26)/t17?,18-/m0/s1. The average Bonchev–Trinajstić information content (AvgIpc) is 3.10. The van der Waals surface area contributed by atoms with Gasteiger partial charge in [-0.05, 0) is 25.2 Å². The number of carbonyl (C=O) groups excluding carboxylic acids is 2. The second kappa shape index (κ2) is 13.6. The zero-order valence-corrected chi connectivity index (χ0v) is 17.7. The van der Waals surface area contributed by atoms with Gasteiger partial charge in [0.15, 0.2) is 0 Å². The fraction of sp³-hybridized carbons (Fsp3) is 0.857. The zero-order chi connectivity index (χ0) is 20.1. The van der Waals surface area contributed by atoms with Gasteiger partial charge in [-0.2, -0.15) is 0 Å². The van der Waals surface area contributed by atoms with Crippen molar-refractivity contribution in [3.8, 4) is 0 Å². The highest BCUT2D eigenvalue weighted by atomic mass is 16.5. The first kappa shape index (κ1) is 23.4. The third-order valence-corrected chi connectivity index (χ3v) is 4.81. The minimum absolute atomic E-state index is 0.00225. The van der Waals surface area contributed by atoms with E-state index in [1.165, 1.54) is 25.7 Å². The monoisotopic (exact) mass is 381 g/mol. The van der Waals surface area contributed by atoms with E-state index in [4.69, 9.17) is 4.74 Å². The molecule has 1 rings (SSSR count). The third-order valence-electron chi connectivity index (χ3n) is 4.81. The molecule has 0 aromatic heterocycles. The molecule has 0 aliphatic carbocycles. The Labute approximate surface area is 164 Å². The lowest BCUT2D eigenvalue weighted by atomic mass is 10.0. The molecule has 1 heterocycles. The lowest BCUT2D eigenvalue weighted by molar-refractivity contribution is -0.122. The van der Waals surface area contributed by atoms with Crippen LogP contribution in [0.1, 0.15) is 85.0 Å². The largest absolute Gasteiger partial charge is 0.477 e. The fourth-order valence-corrected chi connectivity index (χ4v) is 3.22. The number of nitrogens with zero attached hydrogens (tertiary/aromatic N) is 1. The summed E-state index contributed by atoms with van der Waals surface area (Å²) in [6, 6.07) is -0.162. The number of aliphatic imine (C=N–C) groups is 1. The highest BCUT2D eigenvalue weighted by Crippen LogP contribution is 2.17. The molecule has 6 nitrogen and oxygen atoms in total. The summed E-state index contributed by atoms with van der Waals surface area (Å²) in [5.41, 5.74) is 0. The van der Waals surface area contributed by atoms with E-state index in [1.54, 1.807) is 7.05 Å². The molecular weight excluding hydrogens is 342 g/mol. The summed E-state index contributed by atoms with van der Waals surface area (Å²) in [5.74, 6) is 1.16. The number of nitrogens with one attached hydrogen (secondary N) is 2. The van der Waals surface area contributed by atoms with Crippen molar-refractivity contribution in [1.82, 2.24) is 10.6 Å². The Morgan fingerprint density at radius 1 is 1.11 bits per heavy atom. The van der Waals surface area contributed by atoms with Gasteiger partial charge in [0.25, 0.3) is 0 Å². The van der Waals surface area contributed by atoms with Gasteiger partial charge in [0, 0.05) is 19.9 Å². The SMILES string of the molecule is CCCCCCCCC(=O)N[C@@H](CC(C)C)C1=NC(CCC(=O)NC)CO1. The predicted molar refractivity (Wildman–Crippen MR) is 110 cm³/mol. The van der Waals surface area contributed by atoms with Gasteiger partial charge in [0.1, 0.15) is 12.6 Å². The molecule has 2 amide bonds. The van der Waals surface area contributed by atoms with Crippen molar-refractivity contribution in [3.63, 3.8) is 0 Å². The Hall–Kier alpha value is -1.59. The average molecular weight is 382 g/mol.